The van der Waals surface area contributed by atoms with Gasteiger partial charge in [-0.05, 0) is 38.0 Å². The van der Waals surface area contributed by atoms with Crippen molar-refractivity contribution in [2.75, 3.05) is 13.1 Å². The van der Waals surface area contributed by atoms with Gasteiger partial charge < -0.3 is 5.11 Å². The number of rotatable bonds is 4. The lowest BCUT2D eigenvalue weighted by atomic mass is 10.1. The first kappa shape index (κ1) is 22.5. The maximum Gasteiger partial charge on any atom is 0.490 e. The average molecular weight is 435 g/mol. The lowest BCUT2D eigenvalue weighted by Crippen LogP contribution is -2.32. The van der Waals surface area contributed by atoms with Crippen molar-refractivity contribution in [3.63, 3.8) is 0 Å². The summed E-state index contributed by atoms with van der Waals surface area (Å²) in [6.45, 7) is 7.45. The van der Waals surface area contributed by atoms with Gasteiger partial charge in [0.1, 0.15) is 0 Å². The first-order valence-electron chi connectivity index (χ1n) is 9.81. The Balaban J connectivity index is 0.000000339. The maximum absolute atomic E-state index is 10.6. The topological polar surface area (TPSA) is 87.0 Å². The maximum atomic E-state index is 10.6. The van der Waals surface area contributed by atoms with Crippen LogP contribution in [0, 0.1) is 13.8 Å². The zero-order valence-electron chi connectivity index (χ0n) is 17.3. The van der Waals surface area contributed by atoms with E-state index in [2.05, 4.69) is 57.9 Å². The largest absolute Gasteiger partial charge is 0.490 e. The van der Waals surface area contributed by atoms with E-state index in [0.717, 1.165) is 43.9 Å². The van der Waals surface area contributed by atoms with Gasteiger partial charge in [0.15, 0.2) is 0 Å². The molecule has 3 aromatic rings. The van der Waals surface area contributed by atoms with Crippen LogP contribution in [0.3, 0.4) is 0 Å². The number of fused-ring (bicyclic) bond motifs is 1. The summed E-state index contributed by atoms with van der Waals surface area (Å²) in [6.07, 6.45) is -1.01. The third-order valence-corrected chi connectivity index (χ3v) is 5.24. The molecule has 2 aromatic heterocycles. The Bertz CT molecular complexity index is 1030. The van der Waals surface area contributed by atoms with Gasteiger partial charge in [-0.1, -0.05) is 18.2 Å². The molecule has 0 saturated heterocycles. The van der Waals surface area contributed by atoms with E-state index in [1.165, 1.54) is 22.5 Å². The molecule has 0 unspecified atom stereocenters. The summed E-state index contributed by atoms with van der Waals surface area (Å²) in [4.78, 5) is 11.4. The summed E-state index contributed by atoms with van der Waals surface area (Å²) in [5, 5.41) is 19.1. The number of aromatic amines is 1. The number of hydrogen-bond donors (Lipinski definition) is 2. The van der Waals surface area contributed by atoms with Gasteiger partial charge in [0.2, 0.25) is 0 Å². The first-order valence-corrected chi connectivity index (χ1v) is 9.81. The summed E-state index contributed by atoms with van der Waals surface area (Å²) in [5.41, 5.74) is 7.53. The number of aliphatic carboxylic acids is 1. The average Bonchev–Trinajstić information content (AvgIpc) is 3.30. The van der Waals surface area contributed by atoms with Crippen molar-refractivity contribution in [2.24, 2.45) is 0 Å². The molecular formula is C21H24F3N5O2. The molecule has 1 aromatic carbocycles. The quantitative estimate of drug-likeness (QED) is 0.656. The van der Waals surface area contributed by atoms with E-state index in [-0.39, 0.29) is 0 Å². The van der Waals surface area contributed by atoms with Crippen LogP contribution >= 0.6 is 0 Å². The molecule has 166 valence electrons. The molecule has 10 heteroatoms. The number of nitrogens with one attached hydrogen (secondary N) is 1. The summed E-state index contributed by atoms with van der Waals surface area (Å²) in [5.74, 6) is -2.76. The van der Waals surface area contributed by atoms with E-state index in [1.807, 2.05) is 12.3 Å². The zero-order chi connectivity index (χ0) is 22.6. The Labute approximate surface area is 177 Å². The zero-order valence-corrected chi connectivity index (χ0v) is 17.3. The van der Waals surface area contributed by atoms with Crippen LogP contribution in [-0.4, -0.2) is 55.2 Å². The number of alkyl halides is 3. The number of para-hydroxylation sites is 1. The molecule has 1 aliphatic heterocycles. The molecule has 0 bridgehead atoms. The van der Waals surface area contributed by atoms with Crippen LogP contribution in [0.25, 0.3) is 5.69 Å². The second-order valence-electron chi connectivity index (χ2n) is 7.35. The number of carboxylic acids is 1. The summed E-state index contributed by atoms with van der Waals surface area (Å²) in [6, 6.07) is 10.4. The van der Waals surface area contributed by atoms with Gasteiger partial charge in [-0.25, -0.2) is 9.48 Å². The molecule has 0 amide bonds. The lowest BCUT2D eigenvalue weighted by molar-refractivity contribution is -0.192. The van der Waals surface area contributed by atoms with Crippen LogP contribution in [0.4, 0.5) is 13.2 Å². The molecular weight excluding hydrogens is 411 g/mol. The van der Waals surface area contributed by atoms with Crippen LogP contribution in [0.1, 0.15) is 28.2 Å². The fourth-order valence-electron chi connectivity index (χ4n) is 3.60. The smallest absolute Gasteiger partial charge is 0.475 e. The van der Waals surface area contributed by atoms with E-state index in [4.69, 9.17) is 15.0 Å². The highest BCUT2D eigenvalue weighted by molar-refractivity contribution is 5.73. The molecule has 0 atom stereocenters. The fraction of sp³-hybridized carbons (Fsp3) is 0.381. The Morgan fingerprint density at radius 1 is 1.23 bits per heavy atom. The van der Waals surface area contributed by atoms with Gasteiger partial charge in [0.25, 0.3) is 0 Å². The number of H-pyrrole nitrogens is 1. The Morgan fingerprint density at radius 3 is 2.55 bits per heavy atom. The van der Waals surface area contributed by atoms with Crippen molar-refractivity contribution >= 4 is 5.97 Å². The molecule has 0 spiro atoms. The highest BCUT2D eigenvalue weighted by Gasteiger charge is 2.38. The Kier molecular flexibility index (Phi) is 6.79. The fourth-order valence-corrected chi connectivity index (χ4v) is 3.60. The summed E-state index contributed by atoms with van der Waals surface area (Å²) >= 11 is 0. The van der Waals surface area contributed by atoms with Crippen molar-refractivity contribution in [2.45, 2.75) is 39.4 Å². The predicted molar refractivity (Wildman–Crippen MR) is 108 cm³/mol. The van der Waals surface area contributed by atoms with Crippen molar-refractivity contribution < 1.29 is 23.1 Å². The molecule has 7 nitrogen and oxygen atoms in total. The van der Waals surface area contributed by atoms with Crippen molar-refractivity contribution in [3.8, 4) is 5.69 Å². The number of hydrogen-bond acceptors (Lipinski definition) is 4. The van der Waals surface area contributed by atoms with Crippen LogP contribution in [-0.2, 0) is 24.2 Å². The van der Waals surface area contributed by atoms with Crippen LogP contribution in [0.5, 0.6) is 0 Å². The number of carbonyl (C=O) groups is 1. The summed E-state index contributed by atoms with van der Waals surface area (Å²) in [7, 11) is 0. The third-order valence-electron chi connectivity index (χ3n) is 5.24. The molecule has 0 saturated carbocycles. The molecule has 1 aliphatic rings. The molecule has 2 N–H and O–H groups in total. The number of aryl methyl sites for hydroxylation is 1. The Morgan fingerprint density at radius 2 is 1.90 bits per heavy atom. The number of halogens is 3. The predicted octanol–water partition coefficient (Wildman–Crippen LogP) is 3.45. The minimum atomic E-state index is -5.08. The molecule has 4 rings (SSSR count). The number of nitrogens with zero attached hydrogens (tertiary/aromatic N) is 4. The van der Waals surface area contributed by atoms with E-state index in [9.17, 15) is 13.2 Å². The summed E-state index contributed by atoms with van der Waals surface area (Å²) < 4.78 is 33.8. The van der Waals surface area contributed by atoms with Crippen LogP contribution in [0.15, 0.2) is 36.5 Å². The number of benzene rings is 1. The van der Waals surface area contributed by atoms with Gasteiger partial charge in [0, 0.05) is 43.0 Å². The van der Waals surface area contributed by atoms with Gasteiger partial charge in [-0.3, -0.25) is 10.00 Å². The SMILES string of the molecule is Cc1nn(-c2ccccc2)c(C)c1CCN1CCc2[nH]ncc2C1.O=C(O)C(F)(F)F. The molecule has 0 radical (unpaired) electrons. The molecule has 0 fully saturated rings. The highest BCUT2D eigenvalue weighted by Crippen LogP contribution is 2.21. The Hall–Kier alpha value is -3.14. The monoisotopic (exact) mass is 435 g/mol. The first-order chi connectivity index (χ1) is 14.7. The minimum Gasteiger partial charge on any atom is -0.475 e. The second kappa shape index (κ2) is 9.34. The van der Waals surface area contributed by atoms with E-state index >= 15 is 0 Å². The van der Waals surface area contributed by atoms with E-state index < -0.39 is 12.1 Å². The van der Waals surface area contributed by atoms with Gasteiger partial charge in [0.05, 0.1) is 17.6 Å². The van der Waals surface area contributed by atoms with Gasteiger partial charge in [-0.15, -0.1) is 0 Å². The van der Waals surface area contributed by atoms with E-state index in [1.54, 1.807) is 0 Å². The number of carboxylic acid groups (broad SMARTS) is 1. The van der Waals surface area contributed by atoms with Crippen LogP contribution in [0.2, 0.25) is 0 Å². The number of aromatic nitrogens is 4. The normalized spacial score (nSPS) is 14.0. The van der Waals surface area contributed by atoms with Crippen LogP contribution < -0.4 is 0 Å². The van der Waals surface area contributed by atoms with Crippen molar-refractivity contribution in [1.82, 2.24) is 24.9 Å². The van der Waals surface area contributed by atoms with Crippen molar-refractivity contribution in [3.05, 3.63) is 64.7 Å². The lowest BCUT2D eigenvalue weighted by Gasteiger charge is -2.26. The van der Waals surface area contributed by atoms with Crippen molar-refractivity contribution in [1.29, 1.82) is 0 Å². The molecule has 0 aliphatic carbocycles. The molecule has 3 heterocycles. The standard InChI is InChI=1S/C19H23N5.C2HF3O2/c1-14-18(15(2)24(22-14)17-6-4-3-5-7-17)8-10-23-11-9-19-16(13-23)12-20-21-19;3-2(4,5)1(6)7/h3-7,12H,8-11,13H2,1-2H3,(H,20,21);(H,6,7). The second-order valence-corrected chi connectivity index (χ2v) is 7.35. The minimum absolute atomic E-state index is 0.997. The third kappa shape index (κ3) is 5.52. The van der Waals surface area contributed by atoms with E-state index in [0.29, 0.717) is 0 Å². The van der Waals surface area contributed by atoms with Gasteiger partial charge >= 0.3 is 12.1 Å². The van der Waals surface area contributed by atoms with Gasteiger partial charge in [-0.2, -0.15) is 23.4 Å². The highest BCUT2D eigenvalue weighted by atomic mass is 19.4. The molecule has 31 heavy (non-hydrogen) atoms.